The normalized spacial score (nSPS) is 26.7. The molecule has 0 aromatic carbocycles. The Morgan fingerprint density at radius 2 is 2.08 bits per heavy atom. The molecule has 0 bridgehead atoms. The van der Waals surface area contributed by atoms with Crippen molar-refractivity contribution in [3.05, 3.63) is 0 Å². The van der Waals surface area contributed by atoms with Gasteiger partial charge in [0.05, 0.1) is 5.84 Å². The Labute approximate surface area is 78.2 Å². The number of rotatable bonds is 1. The lowest BCUT2D eigenvalue weighted by atomic mass is 10.1. The largest absolute Gasteiger partial charge is 0.357 e. The number of hydrogen-bond acceptors (Lipinski definition) is 2. The van der Waals surface area contributed by atoms with Gasteiger partial charge in [-0.05, 0) is 30.8 Å². The predicted molar refractivity (Wildman–Crippen MR) is 54.0 cm³/mol. The molecule has 2 heterocycles. The van der Waals surface area contributed by atoms with Crippen molar-refractivity contribution >= 4 is 17.6 Å². The summed E-state index contributed by atoms with van der Waals surface area (Å²) < 4.78 is 0. The van der Waals surface area contributed by atoms with Gasteiger partial charge in [0.1, 0.15) is 0 Å². The van der Waals surface area contributed by atoms with Crippen LogP contribution in [0.4, 0.5) is 0 Å². The van der Waals surface area contributed by atoms with E-state index in [2.05, 4.69) is 16.7 Å². The van der Waals surface area contributed by atoms with E-state index in [0.717, 1.165) is 18.8 Å². The summed E-state index contributed by atoms with van der Waals surface area (Å²) in [5.41, 5.74) is 0. The fourth-order valence-corrected chi connectivity index (χ4v) is 3.18. The fraction of sp³-hybridized carbons (Fsp3) is 0.889. The maximum Gasteiger partial charge on any atom is 0.0960 e. The quantitative estimate of drug-likeness (QED) is 0.674. The Balaban J connectivity index is 1.93. The van der Waals surface area contributed by atoms with Crippen molar-refractivity contribution in [1.82, 2.24) is 4.90 Å². The third-order valence-corrected chi connectivity index (χ3v) is 3.84. The first-order valence-electron chi connectivity index (χ1n) is 4.80. The van der Waals surface area contributed by atoms with Crippen LogP contribution in [-0.2, 0) is 0 Å². The van der Waals surface area contributed by atoms with E-state index in [0.29, 0.717) is 6.04 Å². The van der Waals surface area contributed by atoms with Crippen molar-refractivity contribution in [2.24, 2.45) is 0 Å². The number of amidine groups is 1. The third-order valence-electron chi connectivity index (χ3n) is 2.79. The van der Waals surface area contributed by atoms with Crippen LogP contribution in [0.5, 0.6) is 0 Å². The van der Waals surface area contributed by atoms with E-state index in [-0.39, 0.29) is 0 Å². The monoisotopic (exact) mass is 184 g/mol. The van der Waals surface area contributed by atoms with Gasteiger partial charge in [0.25, 0.3) is 0 Å². The smallest absolute Gasteiger partial charge is 0.0960 e. The van der Waals surface area contributed by atoms with E-state index in [1.807, 2.05) is 0 Å². The maximum atomic E-state index is 7.76. The minimum Gasteiger partial charge on any atom is -0.357 e. The van der Waals surface area contributed by atoms with Gasteiger partial charge in [-0.1, -0.05) is 0 Å². The zero-order chi connectivity index (χ0) is 8.39. The van der Waals surface area contributed by atoms with Crippen molar-refractivity contribution in [1.29, 1.82) is 5.41 Å². The van der Waals surface area contributed by atoms with E-state index in [1.54, 1.807) is 0 Å². The van der Waals surface area contributed by atoms with Gasteiger partial charge in [0.2, 0.25) is 0 Å². The second-order valence-corrected chi connectivity index (χ2v) is 4.81. The number of nitrogens with one attached hydrogen (secondary N) is 1. The molecule has 2 nitrogen and oxygen atoms in total. The minimum atomic E-state index is 0.709. The summed E-state index contributed by atoms with van der Waals surface area (Å²) in [6, 6.07) is 0.709. The molecular formula is C9H16N2S. The molecule has 0 aromatic heterocycles. The highest BCUT2D eigenvalue weighted by Gasteiger charge is 2.26. The van der Waals surface area contributed by atoms with Crippen LogP contribution in [0.3, 0.4) is 0 Å². The van der Waals surface area contributed by atoms with Gasteiger partial charge in [0, 0.05) is 19.0 Å². The topological polar surface area (TPSA) is 27.1 Å². The van der Waals surface area contributed by atoms with Crippen LogP contribution in [0, 0.1) is 5.41 Å². The standard InChI is InChI=1S/C9H16N2S/c10-9-2-1-5-11(9)8-3-6-12-7-4-8/h8,10H,1-7H2. The summed E-state index contributed by atoms with van der Waals surface area (Å²) in [4.78, 5) is 2.33. The Bertz CT molecular complexity index is 175. The second-order valence-electron chi connectivity index (χ2n) is 3.59. The summed E-state index contributed by atoms with van der Waals surface area (Å²) in [7, 11) is 0. The zero-order valence-electron chi connectivity index (χ0n) is 7.38. The molecule has 0 saturated carbocycles. The van der Waals surface area contributed by atoms with Crippen molar-refractivity contribution < 1.29 is 0 Å². The molecule has 0 aliphatic carbocycles. The number of hydrogen-bond donors (Lipinski definition) is 1. The van der Waals surface area contributed by atoms with Crippen molar-refractivity contribution in [2.45, 2.75) is 31.7 Å². The van der Waals surface area contributed by atoms with Gasteiger partial charge in [-0.15, -0.1) is 0 Å². The molecule has 0 radical (unpaired) electrons. The highest BCUT2D eigenvalue weighted by molar-refractivity contribution is 7.99. The van der Waals surface area contributed by atoms with Gasteiger partial charge < -0.3 is 4.90 Å². The molecule has 3 heteroatoms. The SMILES string of the molecule is N=C1CCCN1C1CCSCC1. The lowest BCUT2D eigenvalue weighted by Crippen LogP contribution is -2.38. The first-order valence-corrected chi connectivity index (χ1v) is 5.95. The molecule has 1 N–H and O–H groups in total. The maximum absolute atomic E-state index is 7.76. The molecule has 0 unspecified atom stereocenters. The Morgan fingerprint density at radius 1 is 1.33 bits per heavy atom. The van der Waals surface area contributed by atoms with E-state index in [4.69, 9.17) is 5.41 Å². The molecule has 2 saturated heterocycles. The summed E-state index contributed by atoms with van der Waals surface area (Å²) in [5, 5.41) is 7.76. The zero-order valence-corrected chi connectivity index (χ0v) is 8.20. The molecule has 0 atom stereocenters. The highest BCUT2D eigenvalue weighted by Crippen LogP contribution is 2.25. The average Bonchev–Trinajstić information content (AvgIpc) is 2.53. The molecule has 2 aliphatic rings. The summed E-state index contributed by atoms with van der Waals surface area (Å²) in [6.07, 6.45) is 4.83. The van der Waals surface area contributed by atoms with Crippen LogP contribution in [0.25, 0.3) is 0 Å². The molecule has 2 fully saturated rings. The second kappa shape index (κ2) is 3.69. The molecule has 0 spiro atoms. The van der Waals surface area contributed by atoms with Gasteiger partial charge in [-0.2, -0.15) is 11.8 Å². The van der Waals surface area contributed by atoms with Crippen molar-refractivity contribution in [2.75, 3.05) is 18.1 Å². The average molecular weight is 184 g/mol. The van der Waals surface area contributed by atoms with E-state index >= 15 is 0 Å². The summed E-state index contributed by atoms with van der Waals surface area (Å²) in [6.45, 7) is 1.15. The lowest BCUT2D eigenvalue weighted by Gasteiger charge is -2.32. The summed E-state index contributed by atoms with van der Waals surface area (Å²) >= 11 is 2.06. The van der Waals surface area contributed by atoms with Crippen molar-refractivity contribution in [3.8, 4) is 0 Å². The van der Waals surface area contributed by atoms with Crippen LogP contribution >= 0.6 is 11.8 Å². The van der Waals surface area contributed by atoms with E-state index in [1.165, 1.54) is 30.8 Å². The number of nitrogens with zero attached hydrogens (tertiary/aromatic N) is 1. The van der Waals surface area contributed by atoms with Gasteiger partial charge in [-0.25, -0.2) is 0 Å². The van der Waals surface area contributed by atoms with E-state index in [9.17, 15) is 0 Å². The van der Waals surface area contributed by atoms with Crippen LogP contribution in [-0.4, -0.2) is 34.8 Å². The Morgan fingerprint density at radius 3 is 2.67 bits per heavy atom. The first-order chi connectivity index (χ1) is 5.88. The van der Waals surface area contributed by atoms with Crippen LogP contribution < -0.4 is 0 Å². The molecule has 0 aromatic rings. The Kier molecular flexibility index (Phi) is 2.59. The molecule has 12 heavy (non-hydrogen) atoms. The number of thioether (sulfide) groups is 1. The van der Waals surface area contributed by atoms with Gasteiger partial charge >= 0.3 is 0 Å². The molecule has 68 valence electrons. The predicted octanol–water partition coefficient (Wildman–Crippen LogP) is 1.96. The van der Waals surface area contributed by atoms with Crippen LogP contribution in [0.15, 0.2) is 0 Å². The minimum absolute atomic E-state index is 0.709. The fourth-order valence-electron chi connectivity index (χ4n) is 2.10. The van der Waals surface area contributed by atoms with Crippen molar-refractivity contribution in [3.63, 3.8) is 0 Å². The van der Waals surface area contributed by atoms with E-state index < -0.39 is 0 Å². The van der Waals surface area contributed by atoms with Gasteiger partial charge in [0.15, 0.2) is 0 Å². The summed E-state index contributed by atoms with van der Waals surface area (Å²) in [5.74, 6) is 3.50. The molecule has 0 amide bonds. The molecule has 2 rings (SSSR count). The Hall–Kier alpha value is -0.180. The molecular weight excluding hydrogens is 168 g/mol. The lowest BCUT2D eigenvalue weighted by molar-refractivity contribution is 0.314. The number of likely N-dealkylation sites (tertiary alicyclic amines) is 1. The van der Waals surface area contributed by atoms with Crippen LogP contribution in [0.1, 0.15) is 25.7 Å². The van der Waals surface area contributed by atoms with Gasteiger partial charge in [-0.3, -0.25) is 5.41 Å². The third kappa shape index (κ3) is 1.60. The molecule has 2 aliphatic heterocycles. The first kappa shape index (κ1) is 8.42. The highest BCUT2D eigenvalue weighted by atomic mass is 32.2. The van der Waals surface area contributed by atoms with Crippen LogP contribution in [0.2, 0.25) is 0 Å².